The van der Waals surface area contributed by atoms with Gasteiger partial charge in [0.05, 0.1) is 24.3 Å². The van der Waals surface area contributed by atoms with Gasteiger partial charge in [0.15, 0.2) is 0 Å². The van der Waals surface area contributed by atoms with Crippen LogP contribution >= 0.6 is 0 Å². The fourth-order valence-corrected chi connectivity index (χ4v) is 1.82. The normalized spacial score (nSPS) is 10.1. The van der Waals surface area contributed by atoms with Crippen LogP contribution in [-0.4, -0.2) is 25.2 Å². The predicted molar refractivity (Wildman–Crippen MR) is 72.4 cm³/mol. The van der Waals surface area contributed by atoms with Crippen molar-refractivity contribution in [2.24, 2.45) is 0 Å². The van der Waals surface area contributed by atoms with Gasteiger partial charge in [0.2, 0.25) is 0 Å². The second kappa shape index (κ2) is 7.56. The molecule has 1 rings (SSSR count). The molecule has 104 valence electrons. The van der Waals surface area contributed by atoms with Gasteiger partial charge in [0.1, 0.15) is 0 Å². The molecule has 4 heteroatoms. The molecule has 1 aromatic rings. The van der Waals surface area contributed by atoms with Gasteiger partial charge in [-0.25, -0.2) is 9.59 Å². The minimum Gasteiger partial charge on any atom is -0.462 e. The van der Waals surface area contributed by atoms with Gasteiger partial charge >= 0.3 is 11.9 Å². The highest BCUT2D eigenvalue weighted by Gasteiger charge is 2.15. The van der Waals surface area contributed by atoms with Crippen LogP contribution in [0.15, 0.2) is 18.2 Å². The SMILES string of the molecule is CCCc1cc(C(=O)OCC)ccc1C(=O)OCC. The third-order valence-corrected chi connectivity index (χ3v) is 2.63. The first-order valence-corrected chi connectivity index (χ1v) is 6.61. The quantitative estimate of drug-likeness (QED) is 0.741. The maximum atomic E-state index is 11.8. The third kappa shape index (κ3) is 4.09. The summed E-state index contributed by atoms with van der Waals surface area (Å²) in [4.78, 5) is 23.5. The Bertz CT molecular complexity index is 451. The lowest BCUT2D eigenvalue weighted by Crippen LogP contribution is -2.11. The van der Waals surface area contributed by atoms with E-state index in [4.69, 9.17) is 9.47 Å². The molecule has 0 fully saturated rings. The molecular weight excluding hydrogens is 244 g/mol. The fourth-order valence-electron chi connectivity index (χ4n) is 1.82. The van der Waals surface area contributed by atoms with Crippen LogP contribution in [0.2, 0.25) is 0 Å². The van der Waals surface area contributed by atoms with Gasteiger partial charge in [-0.1, -0.05) is 13.3 Å². The zero-order chi connectivity index (χ0) is 14.3. The molecule has 0 aliphatic rings. The summed E-state index contributed by atoms with van der Waals surface area (Å²) in [5, 5.41) is 0. The Hall–Kier alpha value is -1.84. The van der Waals surface area contributed by atoms with Gasteiger partial charge in [-0.2, -0.15) is 0 Å². The number of rotatable bonds is 6. The Morgan fingerprint density at radius 3 is 2.21 bits per heavy atom. The number of esters is 2. The summed E-state index contributed by atoms with van der Waals surface area (Å²) in [5.74, 6) is -0.711. The number of carbonyl (C=O) groups excluding carboxylic acids is 2. The summed E-state index contributed by atoms with van der Waals surface area (Å²) in [6, 6.07) is 4.95. The summed E-state index contributed by atoms with van der Waals surface area (Å²) in [7, 11) is 0. The lowest BCUT2D eigenvalue weighted by molar-refractivity contribution is 0.0510. The molecule has 0 saturated carbocycles. The van der Waals surface area contributed by atoms with E-state index < -0.39 is 0 Å². The summed E-state index contributed by atoms with van der Waals surface area (Å²) < 4.78 is 9.96. The maximum absolute atomic E-state index is 11.8. The molecule has 0 amide bonds. The van der Waals surface area contributed by atoms with Crippen LogP contribution in [0.3, 0.4) is 0 Å². The standard InChI is InChI=1S/C15H20O4/c1-4-7-11-10-12(14(16)18-5-2)8-9-13(11)15(17)19-6-3/h8-10H,4-7H2,1-3H3. The van der Waals surface area contributed by atoms with Crippen molar-refractivity contribution in [3.8, 4) is 0 Å². The van der Waals surface area contributed by atoms with Crippen molar-refractivity contribution in [1.29, 1.82) is 0 Å². The van der Waals surface area contributed by atoms with Crippen molar-refractivity contribution < 1.29 is 19.1 Å². The Labute approximate surface area is 113 Å². The van der Waals surface area contributed by atoms with Crippen molar-refractivity contribution >= 4 is 11.9 Å². The first kappa shape index (κ1) is 15.2. The van der Waals surface area contributed by atoms with Gasteiger partial charge in [0, 0.05) is 0 Å². The molecular formula is C15H20O4. The van der Waals surface area contributed by atoms with Crippen LogP contribution < -0.4 is 0 Å². The molecule has 0 atom stereocenters. The molecule has 0 bridgehead atoms. The molecule has 0 saturated heterocycles. The summed E-state index contributed by atoms with van der Waals surface area (Å²) in [6.45, 7) is 6.22. The molecule has 0 aromatic heterocycles. The number of benzene rings is 1. The minimum absolute atomic E-state index is 0.335. The van der Waals surface area contributed by atoms with E-state index in [0.29, 0.717) is 24.3 Å². The van der Waals surface area contributed by atoms with Gasteiger partial charge in [0.25, 0.3) is 0 Å². The molecule has 0 aliphatic carbocycles. The highest BCUT2D eigenvalue weighted by molar-refractivity contribution is 5.94. The first-order valence-electron chi connectivity index (χ1n) is 6.61. The topological polar surface area (TPSA) is 52.6 Å². The van der Waals surface area contributed by atoms with Crippen LogP contribution in [0.4, 0.5) is 0 Å². The fraction of sp³-hybridized carbons (Fsp3) is 0.467. The van der Waals surface area contributed by atoms with E-state index >= 15 is 0 Å². The summed E-state index contributed by atoms with van der Waals surface area (Å²) in [6.07, 6.45) is 1.61. The number of aryl methyl sites for hydroxylation is 1. The molecule has 1 aromatic carbocycles. The number of ether oxygens (including phenoxy) is 2. The molecule has 4 nitrogen and oxygen atoms in total. The molecule has 0 aliphatic heterocycles. The Morgan fingerprint density at radius 1 is 1.00 bits per heavy atom. The van der Waals surface area contributed by atoms with E-state index in [9.17, 15) is 9.59 Å². The number of hydrogen-bond donors (Lipinski definition) is 0. The molecule has 0 unspecified atom stereocenters. The second-order valence-corrected chi connectivity index (χ2v) is 4.06. The van der Waals surface area contributed by atoms with Crippen LogP contribution in [0, 0.1) is 0 Å². The van der Waals surface area contributed by atoms with Crippen LogP contribution in [0.1, 0.15) is 53.5 Å². The Morgan fingerprint density at radius 2 is 1.63 bits per heavy atom. The van der Waals surface area contributed by atoms with E-state index in [1.54, 1.807) is 32.0 Å². The third-order valence-electron chi connectivity index (χ3n) is 2.63. The molecule has 0 spiro atoms. The molecule has 0 N–H and O–H groups in total. The molecule has 0 radical (unpaired) electrons. The Balaban J connectivity index is 3.06. The monoisotopic (exact) mass is 264 g/mol. The van der Waals surface area contributed by atoms with Gasteiger partial charge in [-0.05, 0) is 44.0 Å². The summed E-state index contributed by atoms with van der Waals surface area (Å²) >= 11 is 0. The van der Waals surface area contributed by atoms with E-state index in [0.717, 1.165) is 18.4 Å². The molecule has 19 heavy (non-hydrogen) atoms. The average molecular weight is 264 g/mol. The van der Waals surface area contributed by atoms with Crippen molar-refractivity contribution in [2.75, 3.05) is 13.2 Å². The highest BCUT2D eigenvalue weighted by atomic mass is 16.5. The van der Waals surface area contributed by atoms with E-state index in [1.165, 1.54) is 0 Å². The van der Waals surface area contributed by atoms with Crippen molar-refractivity contribution in [3.63, 3.8) is 0 Å². The van der Waals surface area contributed by atoms with Gasteiger partial charge in [-0.3, -0.25) is 0 Å². The minimum atomic E-state index is -0.365. The zero-order valence-electron chi connectivity index (χ0n) is 11.7. The highest BCUT2D eigenvalue weighted by Crippen LogP contribution is 2.16. The van der Waals surface area contributed by atoms with Crippen LogP contribution in [0.25, 0.3) is 0 Å². The zero-order valence-corrected chi connectivity index (χ0v) is 11.7. The van der Waals surface area contributed by atoms with E-state index in [1.807, 2.05) is 6.92 Å². The van der Waals surface area contributed by atoms with E-state index in [-0.39, 0.29) is 11.9 Å². The maximum Gasteiger partial charge on any atom is 0.338 e. The van der Waals surface area contributed by atoms with Crippen molar-refractivity contribution in [2.45, 2.75) is 33.6 Å². The predicted octanol–water partition coefficient (Wildman–Crippen LogP) is 2.99. The second-order valence-electron chi connectivity index (χ2n) is 4.06. The largest absolute Gasteiger partial charge is 0.462 e. The van der Waals surface area contributed by atoms with Crippen LogP contribution in [0.5, 0.6) is 0 Å². The van der Waals surface area contributed by atoms with Crippen LogP contribution in [-0.2, 0) is 15.9 Å². The van der Waals surface area contributed by atoms with Gasteiger partial charge in [-0.15, -0.1) is 0 Å². The van der Waals surface area contributed by atoms with Crippen molar-refractivity contribution in [1.82, 2.24) is 0 Å². The first-order chi connectivity index (χ1) is 9.13. The number of carbonyl (C=O) groups is 2. The lowest BCUT2D eigenvalue weighted by atomic mass is 10.00. The number of hydrogen-bond acceptors (Lipinski definition) is 4. The average Bonchev–Trinajstić information content (AvgIpc) is 2.39. The van der Waals surface area contributed by atoms with E-state index in [2.05, 4.69) is 0 Å². The lowest BCUT2D eigenvalue weighted by Gasteiger charge is -2.10. The molecule has 0 heterocycles. The smallest absolute Gasteiger partial charge is 0.338 e. The van der Waals surface area contributed by atoms with Crippen molar-refractivity contribution in [3.05, 3.63) is 34.9 Å². The van der Waals surface area contributed by atoms with Gasteiger partial charge < -0.3 is 9.47 Å². The Kier molecular flexibility index (Phi) is 6.06. The summed E-state index contributed by atoms with van der Waals surface area (Å²) in [5.41, 5.74) is 1.82.